The molecular formula is C13H15F3N2O. The minimum Gasteiger partial charge on any atom is -0.342 e. The van der Waals surface area contributed by atoms with Crippen LogP contribution in [-0.4, -0.2) is 35.1 Å². The van der Waals surface area contributed by atoms with E-state index in [-0.39, 0.29) is 38.3 Å². The Labute approximate surface area is 109 Å². The summed E-state index contributed by atoms with van der Waals surface area (Å²) in [7, 11) is 0. The van der Waals surface area contributed by atoms with E-state index in [1.165, 1.54) is 4.90 Å². The zero-order valence-corrected chi connectivity index (χ0v) is 10.4. The smallest absolute Gasteiger partial charge is 0.342 e. The fourth-order valence-electron chi connectivity index (χ4n) is 2.25. The molecule has 1 aliphatic rings. The van der Waals surface area contributed by atoms with Gasteiger partial charge in [0.1, 0.15) is 0 Å². The summed E-state index contributed by atoms with van der Waals surface area (Å²) >= 11 is 0. The van der Waals surface area contributed by atoms with Gasteiger partial charge < -0.3 is 4.90 Å². The summed E-state index contributed by atoms with van der Waals surface area (Å²) in [5.74, 6) is -1.40. The lowest BCUT2D eigenvalue weighted by molar-refractivity contribution is -0.186. The van der Waals surface area contributed by atoms with Gasteiger partial charge in [-0.1, -0.05) is 6.07 Å². The summed E-state index contributed by atoms with van der Waals surface area (Å²) in [6.07, 6.45) is -0.725. The first kappa shape index (κ1) is 13.8. The molecule has 0 aromatic carbocycles. The molecule has 0 saturated carbocycles. The second-order valence-electron chi connectivity index (χ2n) is 4.73. The number of carbonyl (C=O) groups is 1. The summed E-state index contributed by atoms with van der Waals surface area (Å²) in [6.45, 7) is 0.368. The number of nitrogens with zero attached hydrogens (tertiary/aromatic N) is 2. The summed E-state index contributed by atoms with van der Waals surface area (Å²) in [4.78, 5) is 17.4. The molecule has 0 bridgehead atoms. The van der Waals surface area contributed by atoms with E-state index in [1.807, 2.05) is 0 Å². The van der Waals surface area contributed by atoms with Crippen LogP contribution in [0.3, 0.4) is 0 Å². The number of hydrogen-bond donors (Lipinski definition) is 0. The maximum absolute atomic E-state index is 12.5. The summed E-state index contributed by atoms with van der Waals surface area (Å²) in [5, 5.41) is 0. The van der Waals surface area contributed by atoms with Gasteiger partial charge in [0.25, 0.3) is 0 Å². The van der Waals surface area contributed by atoms with Gasteiger partial charge in [0.05, 0.1) is 12.3 Å². The summed E-state index contributed by atoms with van der Waals surface area (Å²) in [6, 6.07) is 3.52. The van der Waals surface area contributed by atoms with E-state index in [9.17, 15) is 18.0 Å². The molecule has 1 saturated heterocycles. The number of pyridine rings is 1. The molecule has 1 aromatic heterocycles. The normalized spacial score (nSPS) is 17.5. The van der Waals surface area contributed by atoms with Crippen LogP contribution < -0.4 is 0 Å². The van der Waals surface area contributed by atoms with Gasteiger partial charge in [-0.2, -0.15) is 13.2 Å². The molecule has 19 heavy (non-hydrogen) atoms. The number of carbonyl (C=O) groups excluding carboxylic acids is 1. The van der Waals surface area contributed by atoms with Gasteiger partial charge in [-0.3, -0.25) is 9.78 Å². The molecule has 2 heterocycles. The molecule has 0 unspecified atom stereocenters. The maximum Gasteiger partial charge on any atom is 0.391 e. The third kappa shape index (κ3) is 3.68. The third-order valence-corrected chi connectivity index (χ3v) is 3.39. The van der Waals surface area contributed by atoms with Gasteiger partial charge in [-0.25, -0.2) is 0 Å². The minimum atomic E-state index is -4.14. The number of hydrogen-bond acceptors (Lipinski definition) is 2. The van der Waals surface area contributed by atoms with Gasteiger partial charge in [-0.15, -0.1) is 0 Å². The third-order valence-electron chi connectivity index (χ3n) is 3.39. The first-order valence-electron chi connectivity index (χ1n) is 6.20. The standard InChI is InChI=1S/C13H15F3N2O/c14-13(15,16)11-3-6-18(7-4-11)12(19)8-10-2-1-5-17-9-10/h1-2,5,9,11H,3-4,6-8H2. The lowest BCUT2D eigenvalue weighted by atomic mass is 9.96. The average molecular weight is 272 g/mol. The largest absolute Gasteiger partial charge is 0.391 e. The zero-order chi connectivity index (χ0) is 13.9. The molecule has 1 amide bonds. The van der Waals surface area contributed by atoms with Crippen molar-refractivity contribution in [3.63, 3.8) is 0 Å². The SMILES string of the molecule is O=C(Cc1cccnc1)N1CCC(C(F)(F)F)CC1. The van der Waals surface area contributed by atoms with Crippen LogP contribution in [0.25, 0.3) is 0 Å². The minimum absolute atomic E-state index is 0.00226. The molecule has 1 fully saturated rings. The molecule has 0 aliphatic carbocycles. The predicted octanol–water partition coefficient (Wildman–Crippen LogP) is 2.43. The van der Waals surface area contributed by atoms with E-state index in [4.69, 9.17) is 0 Å². The van der Waals surface area contributed by atoms with E-state index in [2.05, 4.69) is 4.98 Å². The molecule has 0 N–H and O–H groups in total. The number of alkyl halides is 3. The monoisotopic (exact) mass is 272 g/mol. The van der Waals surface area contributed by atoms with E-state index in [1.54, 1.807) is 24.5 Å². The van der Waals surface area contributed by atoms with Crippen molar-refractivity contribution in [3.05, 3.63) is 30.1 Å². The number of piperidine rings is 1. The Balaban J connectivity index is 1.86. The van der Waals surface area contributed by atoms with Gasteiger partial charge in [-0.05, 0) is 24.5 Å². The average Bonchev–Trinajstić information content (AvgIpc) is 2.39. The summed E-state index contributed by atoms with van der Waals surface area (Å²) < 4.78 is 37.5. The number of rotatable bonds is 2. The number of likely N-dealkylation sites (tertiary alicyclic amines) is 1. The molecule has 0 radical (unpaired) electrons. The van der Waals surface area contributed by atoms with E-state index in [0.29, 0.717) is 0 Å². The zero-order valence-electron chi connectivity index (χ0n) is 10.4. The van der Waals surface area contributed by atoms with Crippen molar-refractivity contribution < 1.29 is 18.0 Å². The van der Waals surface area contributed by atoms with Crippen molar-refractivity contribution in [1.82, 2.24) is 9.88 Å². The van der Waals surface area contributed by atoms with Crippen LogP contribution in [0.5, 0.6) is 0 Å². The summed E-state index contributed by atoms with van der Waals surface area (Å²) in [5.41, 5.74) is 0.783. The van der Waals surface area contributed by atoms with Crippen molar-refractivity contribution in [2.75, 3.05) is 13.1 Å². The van der Waals surface area contributed by atoms with Gasteiger partial charge >= 0.3 is 6.18 Å². The Morgan fingerprint density at radius 2 is 2.05 bits per heavy atom. The van der Waals surface area contributed by atoms with Crippen LogP contribution in [-0.2, 0) is 11.2 Å². The van der Waals surface area contributed by atoms with Crippen molar-refractivity contribution in [1.29, 1.82) is 0 Å². The molecular weight excluding hydrogens is 257 g/mol. The quantitative estimate of drug-likeness (QED) is 0.828. The fourth-order valence-corrected chi connectivity index (χ4v) is 2.25. The molecule has 0 spiro atoms. The molecule has 104 valence electrons. The Morgan fingerprint density at radius 1 is 1.37 bits per heavy atom. The second kappa shape index (κ2) is 5.59. The van der Waals surface area contributed by atoms with Crippen LogP contribution in [0.4, 0.5) is 13.2 Å². The van der Waals surface area contributed by atoms with Gasteiger partial charge in [0.15, 0.2) is 0 Å². The highest BCUT2D eigenvalue weighted by Gasteiger charge is 2.41. The maximum atomic E-state index is 12.5. The van der Waals surface area contributed by atoms with E-state index in [0.717, 1.165) is 5.56 Å². The molecule has 1 aliphatic heterocycles. The van der Waals surface area contributed by atoms with E-state index < -0.39 is 12.1 Å². The molecule has 2 rings (SSSR count). The Kier molecular flexibility index (Phi) is 4.07. The van der Waals surface area contributed by atoms with Gasteiger partial charge in [0, 0.05) is 25.5 Å². The van der Waals surface area contributed by atoms with Crippen LogP contribution in [0.2, 0.25) is 0 Å². The van der Waals surface area contributed by atoms with Crippen LogP contribution in [0.15, 0.2) is 24.5 Å². The second-order valence-corrected chi connectivity index (χ2v) is 4.73. The topological polar surface area (TPSA) is 33.2 Å². The Morgan fingerprint density at radius 3 is 2.58 bits per heavy atom. The van der Waals surface area contributed by atoms with Crippen molar-refractivity contribution >= 4 is 5.91 Å². The first-order valence-corrected chi connectivity index (χ1v) is 6.20. The molecule has 6 heteroatoms. The highest BCUT2D eigenvalue weighted by molar-refractivity contribution is 5.78. The Bertz CT molecular complexity index is 425. The van der Waals surface area contributed by atoms with Crippen LogP contribution in [0, 0.1) is 5.92 Å². The number of halogens is 3. The van der Waals surface area contributed by atoms with Crippen molar-refractivity contribution in [2.24, 2.45) is 5.92 Å². The van der Waals surface area contributed by atoms with Crippen LogP contribution in [0.1, 0.15) is 18.4 Å². The molecule has 1 aromatic rings. The number of aromatic nitrogens is 1. The highest BCUT2D eigenvalue weighted by Crippen LogP contribution is 2.34. The first-order chi connectivity index (χ1) is 8.97. The van der Waals surface area contributed by atoms with Crippen molar-refractivity contribution in [3.8, 4) is 0 Å². The lowest BCUT2D eigenvalue weighted by Gasteiger charge is -2.33. The predicted molar refractivity (Wildman–Crippen MR) is 63.3 cm³/mol. The highest BCUT2D eigenvalue weighted by atomic mass is 19.4. The molecule has 3 nitrogen and oxygen atoms in total. The number of amides is 1. The molecule has 0 atom stereocenters. The lowest BCUT2D eigenvalue weighted by Crippen LogP contribution is -2.42. The fraction of sp³-hybridized carbons (Fsp3) is 0.538. The van der Waals surface area contributed by atoms with Crippen molar-refractivity contribution in [2.45, 2.75) is 25.4 Å². The van der Waals surface area contributed by atoms with E-state index >= 15 is 0 Å². The van der Waals surface area contributed by atoms with Gasteiger partial charge in [0.2, 0.25) is 5.91 Å². The Hall–Kier alpha value is -1.59. The van der Waals surface area contributed by atoms with Crippen LogP contribution >= 0.6 is 0 Å².